The van der Waals surface area contributed by atoms with E-state index in [2.05, 4.69) is 5.32 Å². The number of nitrogens with one attached hydrogen (secondary N) is 1. The number of benzene rings is 1. The zero-order valence-electron chi connectivity index (χ0n) is 15.4. The molecule has 0 atom stereocenters. The molecule has 7 heteroatoms. The van der Waals surface area contributed by atoms with Gasteiger partial charge in [-0.2, -0.15) is 4.31 Å². The maximum absolute atomic E-state index is 13.0. The van der Waals surface area contributed by atoms with E-state index in [0.717, 1.165) is 25.7 Å². The molecule has 0 unspecified atom stereocenters. The summed E-state index contributed by atoms with van der Waals surface area (Å²) in [5.74, 6) is 0.347. The van der Waals surface area contributed by atoms with Gasteiger partial charge in [0.05, 0.1) is 11.5 Å². The van der Waals surface area contributed by atoms with Gasteiger partial charge < -0.3 is 10.1 Å². The van der Waals surface area contributed by atoms with Crippen LogP contribution in [0.15, 0.2) is 23.1 Å². The number of rotatable bonds is 7. The third-order valence-electron chi connectivity index (χ3n) is 4.94. The van der Waals surface area contributed by atoms with Gasteiger partial charge in [0.15, 0.2) is 0 Å². The molecule has 1 aromatic rings. The fraction of sp³-hybridized carbons (Fsp3) is 0.632. The average Bonchev–Trinajstić information content (AvgIpc) is 3.42. The van der Waals surface area contributed by atoms with Gasteiger partial charge in [-0.3, -0.25) is 4.79 Å². The standard InChI is InChI=1S/C19H28N2O4S/c1-15-6-9-17(20-19(22)14-25-13-16-7-8-16)12-18(15)26(23,24)21-10-4-2-3-5-11-21/h6,9,12,16H,2-5,7-8,10-11,13-14H2,1H3,(H,20,22). The second kappa shape index (κ2) is 8.50. The predicted octanol–water partition coefficient (Wildman–Crippen LogP) is 2.92. The summed E-state index contributed by atoms with van der Waals surface area (Å²) >= 11 is 0. The molecule has 0 bridgehead atoms. The van der Waals surface area contributed by atoms with E-state index in [1.54, 1.807) is 29.4 Å². The molecule has 2 fully saturated rings. The smallest absolute Gasteiger partial charge is 0.250 e. The van der Waals surface area contributed by atoms with Crippen LogP contribution in [0.2, 0.25) is 0 Å². The van der Waals surface area contributed by atoms with Crippen molar-refractivity contribution in [3.63, 3.8) is 0 Å². The number of aryl methyl sites for hydroxylation is 1. The highest BCUT2D eigenvalue weighted by Crippen LogP contribution is 2.29. The fourth-order valence-corrected chi connectivity index (χ4v) is 4.94. The van der Waals surface area contributed by atoms with E-state index in [1.807, 2.05) is 0 Å². The molecule has 3 rings (SSSR count). The Hall–Kier alpha value is -1.44. The third kappa shape index (κ3) is 5.05. The van der Waals surface area contributed by atoms with Crippen LogP contribution in [-0.4, -0.2) is 44.9 Å². The minimum absolute atomic E-state index is 0.00140. The molecule has 1 aliphatic carbocycles. The molecular weight excluding hydrogens is 352 g/mol. The second-order valence-corrected chi connectivity index (χ2v) is 9.21. The molecule has 1 heterocycles. The summed E-state index contributed by atoms with van der Waals surface area (Å²) in [6.07, 6.45) is 6.29. The number of anilines is 1. The highest BCUT2D eigenvalue weighted by molar-refractivity contribution is 7.89. The van der Waals surface area contributed by atoms with Crippen LogP contribution >= 0.6 is 0 Å². The van der Waals surface area contributed by atoms with E-state index in [1.165, 1.54) is 12.8 Å². The number of sulfonamides is 1. The Morgan fingerprint density at radius 2 is 1.88 bits per heavy atom. The molecule has 1 N–H and O–H groups in total. The van der Waals surface area contributed by atoms with Crippen molar-refractivity contribution in [1.82, 2.24) is 4.31 Å². The molecule has 144 valence electrons. The molecule has 1 amide bonds. The lowest BCUT2D eigenvalue weighted by atomic mass is 10.2. The van der Waals surface area contributed by atoms with Gasteiger partial charge in [-0.1, -0.05) is 18.9 Å². The first-order valence-electron chi connectivity index (χ1n) is 9.45. The van der Waals surface area contributed by atoms with Crippen LogP contribution < -0.4 is 5.32 Å². The molecule has 1 saturated carbocycles. The van der Waals surface area contributed by atoms with Crippen molar-refractivity contribution < 1.29 is 17.9 Å². The van der Waals surface area contributed by atoms with Crippen molar-refractivity contribution in [1.29, 1.82) is 0 Å². The van der Waals surface area contributed by atoms with E-state index in [4.69, 9.17) is 4.74 Å². The number of amides is 1. The van der Waals surface area contributed by atoms with E-state index < -0.39 is 10.0 Å². The van der Waals surface area contributed by atoms with Crippen LogP contribution in [0.5, 0.6) is 0 Å². The maximum atomic E-state index is 13.0. The van der Waals surface area contributed by atoms with Crippen LogP contribution in [0.4, 0.5) is 5.69 Å². The van der Waals surface area contributed by atoms with E-state index >= 15 is 0 Å². The Bertz CT molecular complexity index is 736. The Morgan fingerprint density at radius 1 is 1.19 bits per heavy atom. The number of nitrogens with zero attached hydrogens (tertiary/aromatic N) is 1. The minimum atomic E-state index is -3.54. The van der Waals surface area contributed by atoms with Gasteiger partial charge in [-0.05, 0) is 56.2 Å². The zero-order valence-corrected chi connectivity index (χ0v) is 16.2. The van der Waals surface area contributed by atoms with Gasteiger partial charge in [0.25, 0.3) is 0 Å². The number of ether oxygens (including phenoxy) is 1. The van der Waals surface area contributed by atoms with Crippen molar-refractivity contribution >= 4 is 21.6 Å². The van der Waals surface area contributed by atoms with Crippen molar-refractivity contribution in [2.45, 2.75) is 50.3 Å². The van der Waals surface area contributed by atoms with Gasteiger partial charge in [-0.25, -0.2) is 8.42 Å². The van der Waals surface area contributed by atoms with Crippen molar-refractivity contribution in [2.24, 2.45) is 5.92 Å². The first-order chi connectivity index (χ1) is 12.5. The first kappa shape index (κ1) is 19.3. The molecule has 6 nitrogen and oxygen atoms in total. The molecule has 26 heavy (non-hydrogen) atoms. The summed E-state index contributed by atoms with van der Waals surface area (Å²) in [6, 6.07) is 5.04. The van der Waals surface area contributed by atoms with Crippen LogP contribution in [0.1, 0.15) is 44.1 Å². The molecule has 0 aromatic heterocycles. The molecule has 2 aliphatic rings. The van der Waals surface area contributed by atoms with E-state index in [9.17, 15) is 13.2 Å². The molecule has 1 aromatic carbocycles. The molecule has 0 radical (unpaired) electrons. The Kier molecular flexibility index (Phi) is 6.32. The predicted molar refractivity (Wildman–Crippen MR) is 101 cm³/mol. The lowest BCUT2D eigenvalue weighted by molar-refractivity contribution is -0.120. The average molecular weight is 381 g/mol. The van der Waals surface area contributed by atoms with Crippen LogP contribution in [0.25, 0.3) is 0 Å². The Labute approximate surface area is 156 Å². The van der Waals surface area contributed by atoms with Crippen LogP contribution in [0, 0.1) is 12.8 Å². The van der Waals surface area contributed by atoms with Gasteiger partial charge in [-0.15, -0.1) is 0 Å². The summed E-state index contributed by atoms with van der Waals surface area (Å²) in [5.41, 5.74) is 1.18. The minimum Gasteiger partial charge on any atom is -0.371 e. The van der Waals surface area contributed by atoms with Crippen LogP contribution in [0.3, 0.4) is 0 Å². The van der Waals surface area contributed by atoms with Gasteiger partial charge in [0.2, 0.25) is 15.9 Å². The molecule has 1 saturated heterocycles. The quantitative estimate of drug-likeness (QED) is 0.789. The summed E-state index contributed by atoms with van der Waals surface area (Å²) in [6.45, 7) is 3.53. The van der Waals surface area contributed by atoms with E-state index in [-0.39, 0.29) is 17.4 Å². The monoisotopic (exact) mass is 380 g/mol. The number of carbonyl (C=O) groups is 1. The second-order valence-electron chi connectivity index (χ2n) is 7.31. The maximum Gasteiger partial charge on any atom is 0.250 e. The highest BCUT2D eigenvalue weighted by atomic mass is 32.2. The van der Waals surface area contributed by atoms with Crippen molar-refractivity contribution in [3.05, 3.63) is 23.8 Å². The summed E-state index contributed by atoms with van der Waals surface area (Å²) < 4.78 is 33.0. The first-order valence-corrected chi connectivity index (χ1v) is 10.9. The Morgan fingerprint density at radius 3 is 2.54 bits per heavy atom. The lowest BCUT2D eigenvalue weighted by Gasteiger charge is -2.21. The SMILES string of the molecule is Cc1ccc(NC(=O)COCC2CC2)cc1S(=O)(=O)N1CCCCCC1. The van der Waals surface area contributed by atoms with E-state index in [0.29, 0.717) is 36.9 Å². The van der Waals surface area contributed by atoms with Crippen LogP contribution in [-0.2, 0) is 19.6 Å². The van der Waals surface area contributed by atoms with Crippen molar-refractivity contribution in [2.75, 3.05) is 31.6 Å². The summed E-state index contributed by atoms with van der Waals surface area (Å²) in [4.78, 5) is 12.3. The Balaban J connectivity index is 1.68. The fourth-order valence-electron chi connectivity index (χ4n) is 3.18. The molecule has 1 aliphatic heterocycles. The normalized spacial score (nSPS) is 19.1. The number of hydrogen-bond donors (Lipinski definition) is 1. The highest BCUT2D eigenvalue weighted by Gasteiger charge is 2.27. The molecular formula is C19H28N2O4S. The van der Waals surface area contributed by atoms with Crippen molar-refractivity contribution in [3.8, 4) is 0 Å². The topological polar surface area (TPSA) is 75.7 Å². The summed E-state index contributed by atoms with van der Waals surface area (Å²) in [5, 5.41) is 2.74. The van der Waals surface area contributed by atoms with Gasteiger partial charge >= 0.3 is 0 Å². The zero-order chi connectivity index (χ0) is 18.6. The summed E-state index contributed by atoms with van der Waals surface area (Å²) in [7, 11) is -3.54. The molecule has 0 spiro atoms. The number of hydrogen-bond acceptors (Lipinski definition) is 4. The van der Waals surface area contributed by atoms with Gasteiger partial charge in [0, 0.05) is 18.8 Å². The third-order valence-corrected chi connectivity index (χ3v) is 6.98. The lowest BCUT2D eigenvalue weighted by Crippen LogP contribution is -2.32. The largest absolute Gasteiger partial charge is 0.371 e. The van der Waals surface area contributed by atoms with Gasteiger partial charge in [0.1, 0.15) is 6.61 Å². The number of carbonyl (C=O) groups excluding carboxylic acids is 1.